The van der Waals surface area contributed by atoms with E-state index in [1.165, 1.54) is 6.92 Å². The standard InChI is InChI=1S/C28H33F3N2O3/c1-19-14-22(16-24(15-19)28(29,30)31)20(2)36-18-26(23-8-5-4-6-9-23)11-12-27(17-32-26,21(3)34)33-13-7-10-25(33)35/h4-6,8-9,14-16,20,32H,7,10-13,17-18H2,1-3H3/t20-,26-,27?/m1/s1. The predicted molar refractivity (Wildman–Crippen MR) is 130 cm³/mol. The lowest BCUT2D eigenvalue weighted by atomic mass is 9.74. The number of likely N-dealkylation sites (tertiary alicyclic amines) is 1. The summed E-state index contributed by atoms with van der Waals surface area (Å²) in [7, 11) is 0. The topological polar surface area (TPSA) is 58.6 Å². The first-order valence-corrected chi connectivity index (χ1v) is 12.4. The molecule has 3 atom stereocenters. The van der Waals surface area contributed by atoms with Crippen molar-refractivity contribution in [2.45, 2.75) is 69.8 Å². The lowest BCUT2D eigenvalue weighted by Crippen LogP contribution is -2.67. The molecule has 0 aromatic heterocycles. The molecule has 2 fully saturated rings. The van der Waals surface area contributed by atoms with Gasteiger partial charge in [0.1, 0.15) is 5.54 Å². The molecule has 194 valence electrons. The molecule has 0 aliphatic carbocycles. The Morgan fingerprint density at radius 3 is 2.44 bits per heavy atom. The van der Waals surface area contributed by atoms with Gasteiger partial charge < -0.3 is 15.0 Å². The summed E-state index contributed by atoms with van der Waals surface area (Å²) in [6.45, 7) is 6.00. The Labute approximate surface area is 210 Å². The summed E-state index contributed by atoms with van der Waals surface area (Å²) in [4.78, 5) is 27.1. The molecule has 4 rings (SSSR count). The van der Waals surface area contributed by atoms with E-state index in [0.29, 0.717) is 43.5 Å². The third-order valence-corrected chi connectivity index (χ3v) is 7.73. The fourth-order valence-electron chi connectivity index (χ4n) is 5.52. The van der Waals surface area contributed by atoms with Crippen molar-refractivity contribution in [3.05, 3.63) is 70.8 Å². The Morgan fingerprint density at radius 2 is 1.89 bits per heavy atom. The molecule has 2 heterocycles. The first-order chi connectivity index (χ1) is 17.0. The van der Waals surface area contributed by atoms with Crippen LogP contribution < -0.4 is 5.32 Å². The minimum atomic E-state index is -4.43. The molecule has 2 saturated heterocycles. The first-order valence-electron chi connectivity index (χ1n) is 12.4. The molecule has 0 spiro atoms. The van der Waals surface area contributed by atoms with Gasteiger partial charge in [-0.15, -0.1) is 0 Å². The number of piperidine rings is 1. The van der Waals surface area contributed by atoms with Crippen LogP contribution in [0, 0.1) is 6.92 Å². The van der Waals surface area contributed by atoms with E-state index in [9.17, 15) is 22.8 Å². The van der Waals surface area contributed by atoms with Crippen molar-refractivity contribution < 1.29 is 27.5 Å². The summed E-state index contributed by atoms with van der Waals surface area (Å²) < 4.78 is 46.3. The molecule has 2 aliphatic rings. The maximum atomic E-state index is 13.4. The van der Waals surface area contributed by atoms with Gasteiger partial charge in [0.2, 0.25) is 5.91 Å². The van der Waals surface area contributed by atoms with Gasteiger partial charge in [0.25, 0.3) is 0 Å². The first kappa shape index (κ1) is 26.4. The van der Waals surface area contributed by atoms with Crippen molar-refractivity contribution in [3.63, 3.8) is 0 Å². The number of carbonyl (C=O) groups is 2. The van der Waals surface area contributed by atoms with Gasteiger partial charge in [0.15, 0.2) is 5.78 Å². The maximum absolute atomic E-state index is 13.4. The summed E-state index contributed by atoms with van der Waals surface area (Å²) in [6, 6.07) is 13.7. The number of halogens is 3. The summed E-state index contributed by atoms with van der Waals surface area (Å²) in [5.74, 6) is -0.0374. The zero-order valence-corrected chi connectivity index (χ0v) is 21.0. The Morgan fingerprint density at radius 1 is 1.17 bits per heavy atom. The van der Waals surface area contributed by atoms with E-state index >= 15 is 0 Å². The summed E-state index contributed by atoms with van der Waals surface area (Å²) in [5.41, 5.74) is -0.276. The van der Waals surface area contributed by atoms with E-state index in [2.05, 4.69) is 5.32 Å². The normalized spacial score (nSPS) is 25.7. The molecular formula is C28H33F3N2O3. The highest BCUT2D eigenvalue weighted by atomic mass is 19.4. The van der Waals surface area contributed by atoms with Gasteiger partial charge in [0.05, 0.1) is 23.8 Å². The van der Waals surface area contributed by atoms with Crippen LogP contribution in [0.5, 0.6) is 0 Å². The Hall–Kier alpha value is -2.71. The van der Waals surface area contributed by atoms with Crippen LogP contribution >= 0.6 is 0 Å². The van der Waals surface area contributed by atoms with Crippen molar-refractivity contribution in [2.24, 2.45) is 0 Å². The molecule has 36 heavy (non-hydrogen) atoms. The minimum absolute atomic E-state index is 0.00370. The predicted octanol–water partition coefficient (Wildman–Crippen LogP) is 5.32. The quantitative estimate of drug-likeness (QED) is 0.557. The number of amides is 1. The van der Waals surface area contributed by atoms with Crippen molar-refractivity contribution in [2.75, 3.05) is 19.7 Å². The number of hydrogen-bond donors (Lipinski definition) is 1. The van der Waals surface area contributed by atoms with Crippen molar-refractivity contribution in [1.82, 2.24) is 10.2 Å². The fourth-order valence-corrected chi connectivity index (χ4v) is 5.52. The van der Waals surface area contributed by atoms with Crippen LogP contribution in [-0.4, -0.2) is 41.8 Å². The maximum Gasteiger partial charge on any atom is 0.416 e. The van der Waals surface area contributed by atoms with Gasteiger partial charge in [-0.05, 0) is 63.3 Å². The Bertz CT molecular complexity index is 1110. The average molecular weight is 503 g/mol. The van der Waals surface area contributed by atoms with Crippen LogP contribution in [0.3, 0.4) is 0 Å². The second-order valence-electron chi connectivity index (χ2n) is 10.1. The van der Waals surface area contributed by atoms with Crippen LogP contribution in [0.4, 0.5) is 13.2 Å². The van der Waals surface area contributed by atoms with Gasteiger partial charge in [0, 0.05) is 19.5 Å². The zero-order chi connectivity index (χ0) is 26.1. The fraction of sp³-hybridized carbons (Fsp3) is 0.500. The van der Waals surface area contributed by atoms with Crippen LogP contribution in [-0.2, 0) is 26.0 Å². The highest BCUT2D eigenvalue weighted by molar-refractivity contribution is 5.92. The van der Waals surface area contributed by atoms with Crippen molar-refractivity contribution in [1.29, 1.82) is 0 Å². The molecule has 0 bridgehead atoms. The second-order valence-corrected chi connectivity index (χ2v) is 10.1. The molecule has 0 saturated carbocycles. The summed E-state index contributed by atoms with van der Waals surface area (Å²) >= 11 is 0. The number of nitrogens with one attached hydrogen (secondary N) is 1. The number of alkyl halides is 3. The molecule has 0 radical (unpaired) electrons. The molecular weight excluding hydrogens is 469 g/mol. The Kier molecular flexibility index (Phi) is 7.30. The van der Waals surface area contributed by atoms with Gasteiger partial charge >= 0.3 is 6.18 Å². The highest BCUT2D eigenvalue weighted by Gasteiger charge is 2.51. The number of nitrogens with zero attached hydrogens (tertiary/aromatic N) is 1. The molecule has 2 aliphatic heterocycles. The van der Waals surface area contributed by atoms with Crippen LogP contribution in [0.15, 0.2) is 48.5 Å². The minimum Gasteiger partial charge on any atom is -0.372 e. The third kappa shape index (κ3) is 5.06. The molecule has 8 heteroatoms. The SMILES string of the molecule is CC(=O)C1(N2CCCC2=O)CC[C@@](CO[C@H](C)c2cc(C)cc(C(F)(F)F)c2)(c2ccccc2)NC1. The van der Waals surface area contributed by atoms with Crippen LogP contribution in [0.2, 0.25) is 0 Å². The van der Waals surface area contributed by atoms with Gasteiger partial charge in [-0.25, -0.2) is 0 Å². The van der Waals surface area contributed by atoms with E-state index in [1.807, 2.05) is 30.3 Å². The summed E-state index contributed by atoms with van der Waals surface area (Å²) in [6.07, 6.45) is -2.79. The second kappa shape index (κ2) is 9.98. The molecule has 1 unspecified atom stereocenters. The molecule has 1 amide bonds. The van der Waals surface area contributed by atoms with Gasteiger partial charge in [-0.1, -0.05) is 42.0 Å². The number of ketones is 1. The lowest BCUT2D eigenvalue weighted by Gasteiger charge is -2.50. The van der Waals surface area contributed by atoms with Crippen molar-refractivity contribution >= 4 is 11.7 Å². The van der Waals surface area contributed by atoms with E-state index in [4.69, 9.17) is 4.74 Å². The third-order valence-electron chi connectivity index (χ3n) is 7.73. The van der Waals surface area contributed by atoms with E-state index in [0.717, 1.165) is 24.1 Å². The molecule has 5 nitrogen and oxygen atoms in total. The number of rotatable bonds is 7. The van der Waals surface area contributed by atoms with E-state index < -0.39 is 28.9 Å². The number of aryl methyl sites for hydroxylation is 1. The zero-order valence-electron chi connectivity index (χ0n) is 21.0. The molecule has 2 aromatic carbocycles. The molecule has 2 aromatic rings. The van der Waals surface area contributed by atoms with Gasteiger partial charge in [-0.3, -0.25) is 9.59 Å². The van der Waals surface area contributed by atoms with Gasteiger partial charge in [-0.2, -0.15) is 13.2 Å². The number of Topliss-reactive ketones (excluding diaryl/α,β-unsaturated/α-hetero) is 1. The number of hydrogen-bond acceptors (Lipinski definition) is 4. The number of carbonyl (C=O) groups excluding carboxylic acids is 2. The Balaban J connectivity index is 1.58. The van der Waals surface area contributed by atoms with E-state index in [1.54, 1.807) is 24.8 Å². The van der Waals surface area contributed by atoms with Crippen LogP contribution in [0.1, 0.15) is 67.9 Å². The van der Waals surface area contributed by atoms with Crippen LogP contribution in [0.25, 0.3) is 0 Å². The van der Waals surface area contributed by atoms with E-state index in [-0.39, 0.29) is 18.3 Å². The largest absolute Gasteiger partial charge is 0.416 e. The molecule has 1 N–H and O–H groups in total. The number of ether oxygens (including phenoxy) is 1. The number of benzene rings is 2. The monoisotopic (exact) mass is 502 g/mol. The average Bonchev–Trinajstić information content (AvgIpc) is 3.28. The smallest absolute Gasteiger partial charge is 0.372 e. The highest BCUT2D eigenvalue weighted by Crippen LogP contribution is 2.40. The lowest BCUT2D eigenvalue weighted by molar-refractivity contribution is -0.145. The summed E-state index contributed by atoms with van der Waals surface area (Å²) in [5, 5.41) is 3.55. The van der Waals surface area contributed by atoms with Crippen molar-refractivity contribution in [3.8, 4) is 0 Å².